The molecule has 34 heavy (non-hydrogen) atoms. The monoisotopic (exact) mass is 460 g/mol. The number of rotatable bonds is 8. The maximum absolute atomic E-state index is 13.5. The molecule has 1 unspecified atom stereocenters. The lowest BCUT2D eigenvalue weighted by Gasteiger charge is -2.37. The van der Waals surface area contributed by atoms with Crippen molar-refractivity contribution >= 4 is 17.4 Å². The molecular weight excluding hydrogens is 424 g/mol. The molecule has 180 valence electrons. The molecule has 1 N–H and O–H groups in total. The zero-order chi connectivity index (χ0) is 24.5. The molecule has 1 amide bonds. The predicted octanol–water partition coefficient (Wildman–Crippen LogP) is 5.58. The molecule has 1 atom stereocenters. The second-order valence-corrected chi connectivity index (χ2v) is 10.5. The minimum absolute atomic E-state index is 0.138. The van der Waals surface area contributed by atoms with Crippen LogP contribution in [0.15, 0.2) is 65.9 Å². The third-order valence-corrected chi connectivity index (χ3v) is 7.34. The van der Waals surface area contributed by atoms with Gasteiger partial charge in [0, 0.05) is 38.2 Å². The number of hydrogen-bond donors (Lipinski definition) is 1. The molecule has 2 aromatic rings. The maximum Gasteiger partial charge on any atom is 0.290 e. The van der Waals surface area contributed by atoms with Crippen molar-refractivity contribution in [2.24, 2.45) is 5.92 Å². The smallest absolute Gasteiger partial charge is 0.290 e. The Balaban J connectivity index is 1.77. The van der Waals surface area contributed by atoms with Crippen molar-refractivity contribution < 1.29 is 14.7 Å². The first-order chi connectivity index (χ1) is 16.2. The number of carbonyl (C=O) groups is 2. The van der Waals surface area contributed by atoms with E-state index in [1.165, 1.54) is 5.56 Å². The van der Waals surface area contributed by atoms with Crippen molar-refractivity contribution in [3.63, 3.8) is 0 Å². The summed E-state index contributed by atoms with van der Waals surface area (Å²) >= 11 is 0. The Hall–Kier alpha value is -3.08. The van der Waals surface area contributed by atoms with Crippen LogP contribution in [0.3, 0.4) is 0 Å². The molecule has 0 saturated heterocycles. The van der Waals surface area contributed by atoms with Crippen molar-refractivity contribution in [1.82, 2.24) is 4.90 Å². The molecule has 1 aliphatic carbocycles. The van der Waals surface area contributed by atoms with E-state index in [1.54, 1.807) is 4.90 Å². The van der Waals surface area contributed by atoms with E-state index in [1.807, 2.05) is 75.3 Å². The summed E-state index contributed by atoms with van der Waals surface area (Å²) in [7, 11) is 3.96. The standard InChI is InChI=1S/C29H36N2O3/c1-20(2)18-24(32)25-26(21-12-14-23(15-13-21)30(3)4)31(28(34)27(25)33)19-29(16-8-9-17-29)22-10-6-5-7-11-22/h5-7,10-15,20,26,33H,8-9,16-19H2,1-4H3. The van der Waals surface area contributed by atoms with Crippen LogP contribution in [0.4, 0.5) is 5.69 Å². The van der Waals surface area contributed by atoms with Gasteiger partial charge in [0.25, 0.3) is 5.91 Å². The van der Waals surface area contributed by atoms with Gasteiger partial charge in [0.2, 0.25) is 0 Å². The molecule has 5 heteroatoms. The Morgan fingerprint density at radius 1 is 1.06 bits per heavy atom. The van der Waals surface area contributed by atoms with Gasteiger partial charge in [-0.15, -0.1) is 0 Å². The largest absolute Gasteiger partial charge is 0.503 e. The first kappa shape index (κ1) is 24.1. The fourth-order valence-corrected chi connectivity index (χ4v) is 5.59. The highest BCUT2D eigenvalue weighted by Gasteiger charge is 2.48. The van der Waals surface area contributed by atoms with Crippen LogP contribution >= 0.6 is 0 Å². The van der Waals surface area contributed by atoms with Crippen molar-refractivity contribution in [2.45, 2.75) is 57.4 Å². The molecule has 4 rings (SSSR count). The zero-order valence-corrected chi connectivity index (χ0v) is 20.8. The molecule has 1 heterocycles. The van der Waals surface area contributed by atoms with Crippen LogP contribution in [-0.2, 0) is 15.0 Å². The number of aliphatic hydroxyl groups is 1. The molecule has 1 aliphatic heterocycles. The van der Waals surface area contributed by atoms with Crippen LogP contribution in [0.2, 0.25) is 0 Å². The molecule has 5 nitrogen and oxygen atoms in total. The van der Waals surface area contributed by atoms with E-state index in [0.29, 0.717) is 13.0 Å². The Labute approximate surface area is 203 Å². The van der Waals surface area contributed by atoms with Gasteiger partial charge >= 0.3 is 0 Å². The number of aliphatic hydroxyl groups excluding tert-OH is 1. The summed E-state index contributed by atoms with van der Waals surface area (Å²) in [6.45, 7) is 4.44. The molecule has 1 fully saturated rings. The van der Waals surface area contributed by atoms with Crippen LogP contribution in [0.1, 0.15) is 63.1 Å². The molecule has 0 aromatic heterocycles. The predicted molar refractivity (Wildman–Crippen MR) is 136 cm³/mol. The molecular formula is C29H36N2O3. The lowest BCUT2D eigenvalue weighted by Crippen LogP contribution is -2.42. The summed E-state index contributed by atoms with van der Waals surface area (Å²) in [4.78, 5) is 30.6. The number of benzene rings is 2. The van der Waals surface area contributed by atoms with E-state index in [9.17, 15) is 14.7 Å². The Bertz CT molecular complexity index is 1060. The van der Waals surface area contributed by atoms with E-state index in [0.717, 1.165) is 36.9 Å². The summed E-state index contributed by atoms with van der Waals surface area (Å²) in [5.74, 6) is -0.825. The molecule has 0 radical (unpaired) electrons. The van der Waals surface area contributed by atoms with Gasteiger partial charge in [-0.05, 0) is 42.0 Å². The highest BCUT2D eigenvalue weighted by Crippen LogP contribution is 2.46. The summed E-state index contributed by atoms with van der Waals surface area (Å²) in [6, 6.07) is 17.8. The quantitative estimate of drug-likeness (QED) is 0.559. The van der Waals surface area contributed by atoms with Gasteiger partial charge in [0.15, 0.2) is 11.5 Å². The number of hydrogen-bond acceptors (Lipinski definition) is 4. The lowest BCUT2D eigenvalue weighted by molar-refractivity contribution is -0.130. The van der Waals surface area contributed by atoms with Crippen molar-refractivity contribution in [1.29, 1.82) is 0 Å². The van der Waals surface area contributed by atoms with Crippen molar-refractivity contribution in [3.05, 3.63) is 77.1 Å². The summed E-state index contributed by atoms with van der Waals surface area (Å²) in [5, 5.41) is 11.0. The number of nitrogens with zero attached hydrogens (tertiary/aromatic N) is 2. The normalized spacial score (nSPS) is 19.9. The number of anilines is 1. The molecule has 1 saturated carbocycles. The molecule has 0 bridgehead atoms. The zero-order valence-electron chi connectivity index (χ0n) is 20.8. The number of amides is 1. The van der Waals surface area contributed by atoms with E-state index in [-0.39, 0.29) is 28.4 Å². The van der Waals surface area contributed by atoms with Gasteiger partial charge in [-0.3, -0.25) is 9.59 Å². The van der Waals surface area contributed by atoms with Crippen LogP contribution in [0.25, 0.3) is 0 Å². The Kier molecular flexibility index (Phi) is 6.83. The van der Waals surface area contributed by atoms with Gasteiger partial charge in [-0.1, -0.05) is 69.2 Å². The third-order valence-electron chi connectivity index (χ3n) is 7.34. The van der Waals surface area contributed by atoms with Crippen molar-refractivity contribution in [2.75, 3.05) is 25.5 Å². The fourth-order valence-electron chi connectivity index (χ4n) is 5.59. The average Bonchev–Trinajstić information content (AvgIpc) is 3.39. The van der Waals surface area contributed by atoms with Gasteiger partial charge in [-0.25, -0.2) is 0 Å². The average molecular weight is 461 g/mol. The minimum Gasteiger partial charge on any atom is -0.503 e. The maximum atomic E-state index is 13.5. The van der Waals surface area contributed by atoms with E-state index in [2.05, 4.69) is 12.1 Å². The van der Waals surface area contributed by atoms with Crippen LogP contribution in [-0.4, -0.2) is 42.3 Å². The van der Waals surface area contributed by atoms with Crippen molar-refractivity contribution in [3.8, 4) is 0 Å². The topological polar surface area (TPSA) is 60.9 Å². The highest BCUT2D eigenvalue weighted by molar-refractivity contribution is 6.09. The summed E-state index contributed by atoms with van der Waals surface area (Å²) < 4.78 is 0. The summed E-state index contributed by atoms with van der Waals surface area (Å²) in [6.07, 6.45) is 4.50. The van der Waals surface area contributed by atoms with Gasteiger partial charge in [0.1, 0.15) is 0 Å². The number of Topliss-reactive ketones (excluding diaryl/α,β-unsaturated/α-hetero) is 1. The van der Waals surface area contributed by atoms with Crippen LogP contribution in [0, 0.1) is 5.92 Å². The fraction of sp³-hybridized carbons (Fsp3) is 0.448. The van der Waals surface area contributed by atoms with Gasteiger partial charge in [0.05, 0.1) is 11.6 Å². The third kappa shape index (κ3) is 4.48. The lowest BCUT2D eigenvalue weighted by atomic mass is 9.78. The number of ketones is 1. The van der Waals surface area contributed by atoms with Gasteiger partial charge < -0.3 is 14.9 Å². The Morgan fingerprint density at radius 2 is 1.68 bits per heavy atom. The molecule has 2 aliphatic rings. The molecule has 2 aromatic carbocycles. The first-order valence-electron chi connectivity index (χ1n) is 12.3. The van der Waals surface area contributed by atoms with E-state index in [4.69, 9.17) is 0 Å². The molecule has 0 spiro atoms. The van der Waals surface area contributed by atoms with Gasteiger partial charge in [-0.2, -0.15) is 0 Å². The van der Waals surface area contributed by atoms with E-state index < -0.39 is 11.9 Å². The number of carbonyl (C=O) groups excluding carboxylic acids is 2. The van der Waals surface area contributed by atoms with E-state index >= 15 is 0 Å². The Morgan fingerprint density at radius 3 is 2.24 bits per heavy atom. The SMILES string of the molecule is CC(C)CC(=O)C1=C(O)C(=O)N(CC2(c3ccccc3)CCCC2)C1c1ccc(N(C)C)cc1. The highest BCUT2D eigenvalue weighted by atomic mass is 16.3. The van der Waals surface area contributed by atoms with Crippen LogP contribution < -0.4 is 4.90 Å². The summed E-state index contributed by atoms with van der Waals surface area (Å²) in [5.41, 5.74) is 3.20. The second-order valence-electron chi connectivity index (χ2n) is 10.5. The van der Waals surface area contributed by atoms with Crippen LogP contribution in [0.5, 0.6) is 0 Å². The first-order valence-corrected chi connectivity index (χ1v) is 12.3. The second kappa shape index (κ2) is 9.65. The minimum atomic E-state index is -0.573.